The Labute approximate surface area is 107 Å². The van der Waals surface area contributed by atoms with Gasteiger partial charge in [0.25, 0.3) is 0 Å². The van der Waals surface area contributed by atoms with Gasteiger partial charge in [-0.15, -0.1) is 0 Å². The summed E-state index contributed by atoms with van der Waals surface area (Å²) in [7, 11) is 0. The van der Waals surface area contributed by atoms with Gasteiger partial charge in [-0.05, 0) is 30.4 Å². The zero-order chi connectivity index (χ0) is 12.3. The molecule has 90 valence electrons. The molecule has 1 N–H and O–H groups in total. The van der Waals surface area contributed by atoms with Gasteiger partial charge in [-0.2, -0.15) is 0 Å². The van der Waals surface area contributed by atoms with Gasteiger partial charge in [-0.1, -0.05) is 42.4 Å². The molecule has 0 radical (unpaired) electrons. The largest absolute Gasteiger partial charge is 0.351 e. The molecule has 1 atom stereocenters. The van der Waals surface area contributed by atoms with E-state index in [2.05, 4.69) is 30.1 Å². The first-order valence-corrected chi connectivity index (χ1v) is 6.22. The topological polar surface area (TPSA) is 29.1 Å². The van der Waals surface area contributed by atoms with Crippen molar-refractivity contribution in [3.63, 3.8) is 0 Å². The zero-order valence-corrected chi connectivity index (χ0v) is 10.5. The predicted octanol–water partition coefficient (Wildman–Crippen LogP) is 2.66. The van der Waals surface area contributed by atoms with E-state index in [-0.39, 0.29) is 11.8 Å². The molecule has 1 aromatic carbocycles. The minimum atomic E-state index is 0.0703. The van der Waals surface area contributed by atoms with E-state index in [4.69, 9.17) is 11.6 Å². The number of nitrogens with one attached hydrogen (secondary N) is 1. The first-order chi connectivity index (χ1) is 8.16. The number of fused-ring (bicyclic) bond motifs is 1. The van der Waals surface area contributed by atoms with Crippen LogP contribution in [0.5, 0.6) is 0 Å². The summed E-state index contributed by atoms with van der Waals surface area (Å²) in [6.45, 7) is 3.92. The van der Waals surface area contributed by atoms with Crippen molar-refractivity contribution < 1.29 is 4.79 Å². The van der Waals surface area contributed by atoms with Crippen molar-refractivity contribution in [1.29, 1.82) is 0 Å². The molecule has 0 aliphatic heterocycles. The third-order valence-electron chi connectivity index (χ3n) is 3.17. The maximum Gasteiger partial charge on any atom is 0.223 e. The van der Waals surface area contributed by atoms with E-state index in [1.165, 1.54) is 11.1 Å². The molecule has 0 bridgehead atoms. The van der Waals surface area contributed by atoms with Crippen LogP contribution in [0.4, 0.5) is 0 Å². The molecule has 1 aliphatic rings. The molecule has 17 heavy (non-hydrogen) atoms. The summed E-state index contributed by atoms with van der Waals surface area (Å²) in [6.07, 6.45) is 2.73. The Balaban J connectivity index is 1.97. The van der Waals surface area contributed by atoms with Crippen LogP contribution in [-0.4, -0.2) is 12.5 Å². The second-order valence-electron chi connectivity index (χ2n) is 4.44. The molecule has 1 amide bonds. The average Bonchev–Trinajstić information content (AvgIpc) is 2.35. The molecule has 2 rings (SSSR count). The Morgan fingerprint density at radius 1 is 1.41 bits per heavy atom. The van der Waals surface area contributed by atoms with E-state index in [1.54, 1.807) is 0 Å². The number of amides is 1. The lowest BCUT2D eigenvalue weighted by atomic mass is 9.83. The van der Waals surface area contributed by atoms with Crippen LogP contribution in [0.3, 0.4) is 0 Å². The third-order valence-corrected chi connectivity index (χ3v) is 3.31. The monoisotopic (exact) mass is 249 g/mol. The lowest BCUT2D eigenvalue weighted by Gasteiger charge is -2.23. The molecule has 1 aromatic rings. The number of hydrogen-bond acceptors (Lipinski definition) is 1. The van der Waals surface area contributed by atoms with Crippen LogP contribution in [0.1, 0.15) is 17.5 Å². The zero-order valence-electron chi connectivity index (χ0n) is 9.71. The molecule has 1 unspecified atom stereocenters. The Bertz CT molecular complexity index is 442. The highest BCUT2D eigenvalue weighted by Crippen LogP contribution is 2.25. The molecule has 0 heterocycles. The Morgan fingerprint density at radius 3 is 2.82 bits per heavy atom. The van der Waals surface area contributed by atoms with Crippen LogP contribution in [0, 0.1) is 5.92 Å². The van der Waals surface area contributed by atoms with Crippen LogP contribution >= 0.6 is 11.6 Å². The molecule has 3 heteroatoms. The van der Waals surface area contributed by atoms with Crippen molar-refractivity contribution in [1.82, 2.24) is 5.32 Å². The second-order valence-corrected chi connectivity index (χ2v) is 4.98. The van der Waals surface area contributed by atoms with E-state index in [0.717, 1.165) is 19.3 Å². The van der Waals surface area contributed by atoms with Crippen LogP contribution in [0.2, 0.25) is 0 Å². The number of rotatable bonds is 3. The Kier molecular flexibility index (Phi) is 3.85. The number of hydrogen-bond donors (Lipinski definition) is 1. The quantitative estimate of drug-likeness (QED) is 0.877. The molecular weight excluding hydrogens is 234 g/mol. The van der Waals surface area contributed by atoms with Crippen molar-refractivity contribution in [2.45, 2.75) is 19.3 Å². The highest BCUT2D eigenvalue weighted by molar-refractivity contribution is 6.29. The maximum absolute atomic E-state index is 11.9. The van der Waals surface area contributed by atoms with Crippen molar-refractivity contribution in [3.05, 3.63) is 47.0 Å². The van der Waals surface area contributed by atoms with Crippen molar-refractivity contribution in [2.75, 3.05) is 6.54 Å². The highest BCUT2D eigenvalue weighted by Gasteiger charge is 2.23. The number of aryl methyl sites for hydroxylation is 1. The summed E-state index contributed by atoms with van der Waals surface area (Å²) >= 11 is 5.63. The molecule has 1 aliphatic carbocycles. The van der Waals surface area contributed by atoms with Crippen LogP contribution in [0.25, 0.3) is 0 Å². The summed E-state index contributed by atoms with van der Waals surface area (Å²) in [5, 5.41) is 3.28. The second kappa shape index (κ2) is 5.37. The predicted molar refractivity (Wildman–Crippen MR) is 70.0 cm³/mol. The number of benzene rings is 1. The molecule has 0 saturated heterocycles. The van der Waals surface area contributed by atoms with Crippen LogP contribution in [0.15, 0.2) is 35.9 Å². The van der Waals surface area contributed by atoms with Crippen LogP contribution in [-0.2, 0) is 17.6 Å². The van der Waals surface area contributed by atoms with Gasteiger partial charge in [0.2, 0.25) is 5.91 Å². The minimum absolute atomic E-state index is 0.0703. The molecular formula is C14H16ClNO. The van der Waals surface area contributed by atoms with Gasteiger partial charge in [0.05, 0.1) is 6.54 Å². The van der Waals surface area contributed by atoms with Gasteiger partial charge in [0.15, 0.2) is 0 Å². The van der Waals surface area contributed by atoms with Gasteiger partial charge in [-0.25, -0.2) is 0 Å². The fraction of sp³-hybridized carbons (Fsp3) is 0.357. The highest BCUT2D eigenvalue weighted by atomic mass is 35.5. The van der Waals surface area contributed by atoms with Crippen LogP contribution < -0.4 is 5.32 Å². The molecule has 0 saturated carbocycles. The standard InChI is InChI=1S/C14H16ClNO/c1-10(15)9-16-14(17)13-7-6-11-4-2-3-5-12(11)8-13/h2-5,13H,1,6-9H2,(H,16,17). The lowest BCUT2D eigenvalue weighted by molar-refractivity contribution is -0.125. The SMILES string of the molecule is C=C(Cl)CNC(=O)C1CCc2ccccc2C1. The van der Waals surface area contributed by atoms with E-state index in [0.29, 0.717) is 11.6 Å². The van der Waals surface area contributed by atoms with E-state index < -0.39 is 0 Å². The summed E-state index contributed by atoms with van der Waals surface area (Å²) in [4.78, 5) is 11.9. The van der Waals surface area contributed by atoms with Crippen molar-refractivity contribution in [2.24, 2.45) is 5.92 Å². The van der Waals surface area contributed by atoms with Gasteiger partial charge in [0, 0.05) is 11.0 Å². The first-order valence-electron chi connectivity index (χ1n) is 5.84. The average molecular weight is 250 g/mol. The molecule has 2 nitrogen and oxygen atoms in total. The molecule has 0 aromatic heterocycles. The van der Waals surface area contributed by atoms with E-state index in [1.807, 2.05) is 6.07 Å². The van der Waals surface area contributed by atoms with Gasteiger partial charge in [0.1, 0.15) is 0 Å². The summed E-state index contributed by atoms with van der Waals surface area (Å²) < 4.78 is 0. The van der Waals surface area contributed by atoms with Gasteiger partial charge in [-0.3, -0.25) is 4.79 Å². The summed E-state index contributed by atoms with van der Waals surface area (Å²) in [6, 6.07) is 8.33. The summed E-state index contributed by atoms with van der Waals surface area (Å²) in [5.74, 6) is 0.155. The van der Waals surface area contributed by atoms with Gasteiger partial charge >= 0.3 is 0 Å². The summed E-state index contributed by atoms with van der Waals surface area (Å²) in [5.41, 5.74) is 2.67. The minimum Gasteiger partial charge on any atom is -0.351 e. The van der Waals surface area contributed by atoms with E-state index >= 15 is 0 Å². The first kappa shape index (κ1) is 12.2. The normalized spacial score (nSPS) is 18.3. The van der Waals surface area contributed by atoms with Crippen molar-refractivity contribution in [3.8, 4) is 0 Å². The Hall–Kier alpha value is -1.28. The third kappa shape index (κ3) is 3.10. The Morgan fingerprint density at radius 2 is 2.12 bits per heavy atom. The fourth-order valence-corrected chi connectivity index (χ4v) is 2.32. The molecule has 0 fully saturated rings. The van der Waals surface area contributed by atoms with Crippen molar-refractivity contribution >= 4 is 17.5 Å². The fourth-order valence-electron chi connectivity index (χ4n) is 2.25. The number of carbonyl (C=O) groups excluding carboxylic acids is 1. The number of carbonyl (C=O) groups is 1. The smallest absolute Gasteiger partial charge is 0.223 e. The maximum atomic E-state index is 11.9. The van der Waals surface area contributed by atoms with E-state index in [9.17, 15) is 4.79 Å². The molecule has 0 spiro atoms. The number of halogens is 1. The van der Waals surface area contributed by atoms with Gasteiger partial charge < -0.3 is 5.32 Å². The lowest BCUT2D eigenvalue weighted by Crippen LogP contribution is -2.34.